The predicted molar refractivity (Wildman–Crippen MR) is 117 cm³/mol. The highest BCUT2D eigenvalue weighted by Gasteiger charge is 2.40. The summed E-state index contributed by atoms with van der Waals surface area (Å²) >= 11 is 0. The molecule has 4 heterocycles. The molecule has 8 nitrogen and oxygen atoms in total. The van der Waals surface area contributed by atoms with Gasteiger partial charge in [0.05, 0.1) is 6.10 Å². The zero-order valence-electron chi connectivity index (χ0n) is 18.4. The highest BCUT2D eigenvalue weighted by Crippen LogP contribution is 2.32. The highest BCUT2D eigenvalue weighted by atomic mass is 16.5. The van der Waals surface area contributed by atoms with Crippen LogP contribution in [0.25, 0.3) is 0 Å². The van der Waals surface area contributed by atoms with E-state index in [2.05, 4.69) is 10.2 Å². The Morgan fingerprint density at radius 1 is 1.16 bits per heavy atom. The van der Waals surface area contributed by atoms with Crippen molar-refractivity contribution in [1.82, 2.24) is 15.1 Å². The summed E-state index contributed by atoms with van der Waals surface area (Å²) in [6, 6.07) is 5.66. The summed E-state index contributed by atoms with van der Waals surface area (Å²) in [6.45, 7) is 3.84. The molecule has 3 N–H and O–H groups in total. The lowest BCUT2D eigenvalue weighted by atomic mass is 9.87. The first kappa shape index (κ1) is 21.6. The number of rotatable bonds is 4. The van der Waals surface area contributed by atoms with Crippen molar-refractivity contribution < 1.29 is 19.1 Å². The number of fused-ring (bicyclic) bond motifs is 1. The van der Waals surface area contributed by atoms with Gasteiger partial charge in [0.1, 0.15) is 6.04 Å². The molecular formula is C24H32N4O4. The van der Waals surface area contributed by atoms with Crippen molar-refractivity contribution in [1.29, 1.82) is 0 Å². The van der Waals surface area contributed by atoms with Gasteiger partial charge in [-0.3, -0.25) is 24.6 Å². The van der Waals surface area contributed by atoms with E-state index in [4.69, 9.17) is 10.5 Å². The number of nitrogens with two attached hydrogens (primary N) is 1. The van der Waals surface area contributed by atoms with Crippen LogP contribution in [0.15, 0.2) is 18.2 Å². The van der Waals surface area contributed by atoms with Crippen molar-refractivity contribution in [2.45, 2.75) is 69.8 Å². The first-order chi connectivity index (χ1) is 15.5. The van der Waals surface area contributed by atoms with Gasteiger partial charge in [0.15, 0.2) is 0 Å². The van der Waals surface area contributed by atoms with Crippen molar-refractivity contribution in [2.24, 2.45) is 11.7 Å². The summed E-state index contributed by atoms with van der Waals surface area (Å²) < 4.78 is 6.05. The molecule has 1 aromatic rings. The number of nitrogens with one attached hydrogen (secondary N) is 1. The van der Waals surface area contributed by atoms with Gasteiger partial charge >= 0.3 is 0 Å². The largest absolute Gasteiger partial charge is 0.378 e. The summed E-state index contributed by atoms with van der Waals surface area (Å²) in [7, 11) is 0. The lowest BCUT2D eigenvalue weighted by Gasteiger charge is -2.39. The molecule has 3 saturated heterocycles. The smallest absolute Gasteiger partial charge is 0.255 e. The zero-order chi connectivity index (χ0) is 22.2. The summed E-state index contributed by atoms with van der Waals surface area (Å²) in [6.07, 6.45) is 5.03. The van der Waals surface area contributed by atoms with E-state index in [0.717, 1.165) is 62.1 Å². The number of hydrogen-bond donors (Lipinski definition) is 2. The van der Waals surface area contributed by atoms with Crippen molar-refractivity contribution in [3.63, 3.8) is 0 Å². The number of piperidine rings is 2. The molecule has 0 spiro atoms. The Balaban J connectivity index is 1.29. The SMILES string of the molecule is NC1CCOC(C2CCCN(Cc3cccc4c3C(=O)N(C3CCC(=O)NC3=O)C4)C2)C1. The Hall–Kier alpha value is -2.29. The number of likely N-dealkylation sites (tertiary alicyclic amines) is 1. The van der Waals surface area contributed by atoms with Crippen molar-refractivity contribution >= 4 is 17.7 Å². The first-order valence-electron chi connectivity index (χ1n) is 11.8. The Labute approximate surface area is 188 Å². The maximum atomic E-state index is 13.3. The molecule has 5 rings (SSSR count). The Morgan fingerprint density at radius 2 is 2.03 bits per heavy atom. The summed E-state index contributed by atoms with van der Waals surface area (Å²) in [5.41, 5.74) is 8.89. The van der Waals surface area contributed by atoms with E-state index < -0.39 is 6.04 Å². The van der Waals surface area contributed by atoms with Crippen LogP contribution in [0.5, 0.6) is 0 Å². The first-order valence-corrected chi connectivity index (χ1v) is 11.8. The number of imide groups is 1. The minimum absolute atomic E-state index is 0.0970. The number of nitrogens with zero attached hydrogens (tertiary/aromatic N) is 2. The van der Waals surface area contributed by atoms with Crippen LogP contribution in [-0.4, -0.2) is 65.4 Å². The number of carbonyl (C=O) groups is 3. The van der Waals surface area contributed by atoms with E-state index in [1.807, 2.05) is 18.2 Å². The maximum absolute atomic E-state index is 13.3. The summed E-state index contributed by atoms with van der Waals surface area (Å²) in [4.78, 5) is 41.3. The maximum Gasteiger partial charge on any atom is 0.255 e. The van der Waals surface area contributed by atoms with E-state index in [9.17, 15) is 14.4 Å². The van der Waals surface area contributed by atoms with E-state index in [1.165, 1.54) is 0 Å². The molecule has 0 radical (unpaired) electrons. The molecule has 0 saturated carbocycles. The fraction of sp³-hybridized carbons (Fsp3) is 0.625. The lowest BCUT2D eigenvalue weighted by Crippen LogP contribution is -2.52. The number of hydrogen-bond acceptors (Lipinski definition) is 6. The Bertz CT molecular complexity index is 919. The number of amides is 3. The third kappa shape index (κ3) is 4.19. The molecule has 4 atom stereocenters. The van der Waals surface area contributed by atoms with Crippen LogP contribution in [0.1, 0.15) is 60.0 Å². The molecule has 4 aliphatic heterocycles. The summed E-state index contributed by atoms with van der Waals surface area (Å²) in [5, 5.41) is 2.37. The number of benzene rings is 1. The monoisotopic (exact) mass is 440 g/mol. The molecule has 4 unspecified atom stereocenters. The van der Waals surface area contributed by atoms with Gasteiger partial charge in [-0.25, -0.2) is 0 Å². The fourth-order valence-electron chi connectivity index (χ4n) is 5.78. The van der Waals surface area contributed by atoms with Crippen LogP contribution in [-0.2, 0) is 27.4 Å². The average Bonchev–Trinajstić information content (AvgIpc) is 3.11. The fourth-order valence-corrected chi connectivity index (χ4v) is 5.78. The third-order valence-electron chi connectivity index (χ3n) is 7.46. The average molecular weight is 441 g/mol. The topological polar surface area (TPSA) is 105 Å². The lowest BCUT2D eigenvalue weighted by molar-refractivity contribution is -0.136. The number of carbonyl (C=O) groups excluding carboxylic acids is 3. The zero-order valence-corrected chi connectivity index (χ0v) is 18.4. The van der Waals surface area contributed by atoms with Gasteiger partial charge < -0.3 is 15.4 Å². The molecule has 3 fully saturated rings. The van der Waals surface area contributed by atoms with Crippen LogP contribution in [0.3, 0.4) is 0 Å². The Kier molecular flexibility index (Phi) is 6.01. The minimum atomic E-state index is -0.576. The van der Waals surface area contributed by atoms with E-state index in [1.54, 1.807) is 4.90 Å². The normalized spacial score (nSPS) is 31.5. The van der Waals surface area contributed by atoms with Crippen molar-refractivity contribution in [2.75, 3.05) is 19.7 Å². The minimum Gasteiger partial charge on any atom is -0.378 e. The van der Waals surface area contributed by atoms with Gasteiger partial charge in [-0.15, -0.1) is 0 Å². The van der Waals surface area contributed by atoms with Gasteiger partial charge in [0.2, 0.25) is 11.8 Å². The predicted octanol–water partition coefficient (Wildman–Crippen LogP) is 1.17. The molecule has 8 heteroatoms. The van der Waals surface area contributed by atoms with Crippen molar-refractivity contribution in [3.8, 4) is 0 Å². The van der Waals surface area contributed by atoms with E-state index in [-0.39, 0.29) is 36.3 Å². The molecule has 172 valence electrons. The van der Waals surface area contributed by atoms with Gasteiger partial charge in [0.25, 0.3) is 5.91 Å². The quantitative estimate of drug-likeness (QED) is 0.681. The standard InChI is InChI=1S/C24H32N4O4/c25-18-8-10-32-20(11-18)15-5-2-9-27(12-15)13-16-3-1-4-17-14-28(24(31)22(16)17)19-6-7-21(29)26-23(19)30/h1,3-4,15,18-20H,2,5-14,25H2,(H,26,29,30). The molecule has 0 aromatic heterocycles. The van der Waals surface area contributed by atoms with Gasteiger partial charge in [0, 0.05) is 44.3 Å². The molecule has 1 aromatic carbocycles. The second-order valence-corrected chi connectivity index (χ2v) is 9.68. The molecule has 4 aliphatic rings. The molecular weight excluding hydrogens is 408 g/mol. The van der Waals surface area contributed by atoms with Gasteiger partial charge in [-0.1, -0.05) is 18.2 Å². The molecule has 3 amide bonds. The third-order valence-corrected chi connectivity index (χ3v) is 7.46. The second-order valence-electron chi connectivity index (χ2n) is 9.68. The van der Waals surface area contributed by atoms with Crippen molar-refractivity contribution in [3.05, 3.63) is 34.9 Å². The van der Waals surface area contributed by atoms with Crippen LogP contribution in [0.4, 0.5) is 0 Å². The van der Waals surface area contributed by atoms with Gasteiger partial charge in [-0.2, -0.15) is 0 Å². The molecule has 0 aliphatic carbocycles. The van der Waals surface area contributed by atoms with Crippen LogP contribution in [0.2, 0.25) is 0 Å². The van der Waals surface area contributed by atoms with Gasteiger partial charge in [-0.05, 0) is 55.7 Å². The highest BCUT2D eigenvalue weighted by molar-refractivity contribution is 6.05. The van der Waals surface area contributed by atoms with Crippen LogP contribution >= 0.6 is 0 Å². The van der Waals surface area contributed by atoms with E-state index in [0.29, 0.717) is 25.4 Å². The number of ether oxygens (including phenoxy) is 1. The van der Waals surface area contributed by atoms with Crippen LogP contribution in [0, 0.1) is 5.92 Å². The van der Waals surface area contributed by atoms with Crippen LogP contribution < -0.4 is 11.1 Å². The summed E-state index contributed by atoms with van der Waals surface area (Å²) in [5.74, 6) is -0.255. The van der Waals surface area contributed by atoms with E-state index >= 15 is 0 Å². The Morgan fingerprint density at radius 3 is 2.84 bits per heavy atom. The molecule has 32 heavy (non-hydrogen) atoms. The molecule has 0 bridgehead atoms. The second kappa shape index (κ2) is 8.92.